The van der Waals surface area contributed by atoms with Crippen molar-refractivity contribution >= 4 is 21.7 Å². The van der Waals surface area contributed by atoms with Gasteiger partial charge < -0.3 is 25.7 Å². The first-order chi connectivity index (χ1) is 20.3. The minimum absolute atomic E-state index is 0.0910. The molecular weight excluding hydrogens is 566 g/mol. The van der Waals surface area contributed by atoms with Crippen LogP contribution in [0.3, 0.4) is 0 Å². The van der Waals surface area contributed by atoms with Crippen molar-refractivity contribution in [2.45, 2.75) is 95.9 Å². The summed E-state index contributed by atoms with van der Waals surface area (Å²) in [4.78, 5) is 28.9. The number of aliphatic hydroxyl groups is 2. The number of benzene rings is 1. The maximum absolute atomic E-state index is 13.6. The number of nitrogens with one attached hydrogen (secondary N) is 2. The highest BCUT2D eigenvalue weighted by molar-refractivity contribution is 7.91. The van der Waals surface area contributed by atoms with E-state index in [0.717, 1.165) is 37.7 Å². The zero-order valence-corrected chi connectivity index (χ0v) is 27.2. The van der Waals surface area contributed by atoms with E-state index in [-0.39, 0.29) is 30.3 Å². The quantitative estimate of drug-likeness (QED) is 0.186. The Morgan fingerprint density at radius 2 is 1.70 bits per heavy atom. The Bertz CT molecular complexity index is 1130. The van der Waals surface area contributed by atoms with Crippen LogP contribution in [-0.2, 0) is 25.8 Å². The molecule has 9 nitrogen and oxygen atoms in total. The minimum atomic E-state index is -3.58. The Hall–Kier alpha value is -2.45. The second-order valence-electron chi connectivity index (χ2n) is 12.8. The van der Waals surface area contributed by atoms with Crippen molar-refractivity contribution in [3.8, 4) is 12.3 Å². The normalized spacial score (nSPS) is 17.9. The van der Waals surface area contributed by atoms with E-state index in [0.29, 0.717) is 25.3 Å². The van der Waals surface area contributed by atoms with Crippen molar-refractivity contribution in [2.75, 3.05) is 32.1 Å². The molecule has 0 aliphatic heterocycles. The maximum atomic E-state index is 13.6. The summed E-state index contributed by atoms with van der Waals surface area (Å²) < 4.78 is 25.9. The van der Waals surface area contributed by atoms with E-state index in [1.807, 2.05) is 44.2 Å². The smallest absolute Gasteiger partial charge is 0.243 e. The number of rotatable bonds is 18. The van der Waals surface area contributed by atoms with Crippen LogP contribution < -0.4 is 10.6 Å². The fourth-order valence-corrected chi connectivity index (χ4v) is 7.39. The summed E-state index contributed by atoms with van der Waals surface area (Å²) in [5.74, 6) is 0.388. The number of nitrogens with zero attached hydrogens (tertiary/aromatic N) is 1. The van der Waals surface area contributed by atoms with Crippen molar-refractivity contribution < 1.29 is 28.2 Å². The molecule has 1 aromatic rings. The summed E-state index contributed by atoms with van der Waals surface area (Å²) in [6.07, 6.45) is 9.69. The molecule has 43 heavy (non-hydrogen) atoms. The molecule has 0 saturated heterocycles. The van der Waals surface area contributed by atoms with Gasteiger partial charge in [-0.1, -0.05) is 76.3 Å². The number of hydrogen-bond donors (Lipinski definition) is 4. The first kappa shape index (κ1) is 36.7. The van der Waals surface area contributed by atoms with Crippen molar-refractivity contribution in [1.82, 2.24) is 15.5 Å². The molecule has 0 aromatic heterocycles. The Kier molecular flexibility index (Phi) is 15.7. The molecule has 5 atom stereocenters. The summed E-state index contributed by atoms with van der Waals surface area (Å²) in [7, 11) is -0.0103. The van der Waals surface area contributed by atoms with Gasteiger partial charge in [0.2, 0.25) is 11.8 Å². The second kappa shape index (κ2) is 18.4. The Balaban J connectivity index is 2.24. The van der Waals surface area contributed by atoms with Crippen molar-refractivity contribution in [1.29, 1.82) is 0 Å². The number of terminal acetylenes is 1. The van der Waals surface area contributed by atoms with Gasteiger partial charge in [0.25, 0.3) is 0 Å². The molecule has 1 saturated carbocycles. The molecule has 2 rings (SSSR count). The summed E-state index contributed by atoms with van der Waals surface area (Å²) in [6.45, 7) is 4.24. The number of amides is 2. The number of hydrogen-bond acceptors (Lipinski definition) is 7. The Labute approximate surface area is 259 Å². The first-order valence-electron chi connectivity index (χ1n) is 15.6. The molecule has 1 aromatic carbocycles. The molecule has 0 radical (unpaired) electrons. The largest absolute Gasteiger partial charge is 0.390 e. The second-order valence-corrected chi connectivity index (χ2v) is 15.0. The number of sulfone groups is 1. The van der Waals surface area contributed by atoms with Gasteiger partial charge in [0.05, 0.1) is 29.6 Å². The van der Waals surface area contributed by atoms with Crippen LogP contribution in [-0.4, -0.2) is 91.8 Å². The lowest BCUT2D eigenvalue weighted by atomic mass is 9.82. The van der Waals surface area contributed by atoms with E-state index in [9.17, 15) is 28.2 Å². The third kappa shape index (κ3) is 13.8. The molecule has 0 heterocycles. The van der Waals surface area contributed by atoms with Gasteiger partial charge >= 0.3 is 0 Å². The lowest BCUT2D eigenvalue weighted by molar-refractivity contribution is -0.132. The summed E-state index contributed by atoms with van der Waals surface area (Å²) in [6, 6.07) is 7.32. The molecule has 2 amide bonds. The number of aliphatic hydroxyl groups excluding tert-OH is 2. The molecule has 4 N–H and O–H groups in total. The maximum Gasteiger partial charge on any atom is 0.243 e. The molecule has 1 fully saturated rings. The molecule has 0 bridgehead atoms. The SMILES string of the molecule is C#CC[C@H](NC(=O)C(Cc1ccccc1)CS(=O)(=O)CCN(C)C)C(=O)NC(CC1CCCCC1)[C@@H](O)C(O)CC(C)C. The lowest BCUT2D eigenvalue weighted by Gasteiger charge is -2.33. The van der Waals surface area contributed by atoms with Crippen LogP contribution in [0.2, 0.25) is 0 Å². The van der Waals surface area contributed by atoms with Crippen LogP contribution in [0.5, 0.6) is 0 Å². The zero-order chi connectivity index (χ0) is 32.0. The molecule has 242 valence electrons. The molecule has 0 spiro atoms. The van der Waals surface area contributed by atoms with Gasteiger partial charge in [0.15, 0.2) is 9.84 Å². The van der Waals surface area contributed by atoms with Gasteiger partial charge in [-0.05, 0) is 50.8 Å². The van der Waals surface area contributed by atoms with Crippen molar-refractivity contribution in [3.63, 3.8) is 0 Å². The zero-order valence-electron chi connectivity index (χ0n) is 26.4. The van der Waals surface area contributed by atoms with Gasteiger partial charge in [0.1, 0.15) is 12.1 Å². The monoisotopic (exact) mass is 619 g/mol. The van der Waals surface area contributed by atoms with E-state index in [1.54, 1.807) is 19.0 Å². The first-order valence-corrected chi connectivity index (χ1v) is 17.4. The van der Waals surface area contributed by atoms with Gasteiger partial charge in [-0.15, -0.1) is 12.3 Å². The topological polar surface area (TPSA) is 136 Å². The van der Waals surface area contributed by atoms with Crippen LogP contribution in [0.1, 0.15) is 70.8 Å². The highest BCUT2D eigenvalue weighted by atomic mass is 32.2. The van der Waals surface area contributed by atoms with Gasteiger partial charge in [-0.3, -0.25) is 9.59 Å². The van der Waals surface area contributed by atoms with Crippen LogP contribution >= 0.6 is 0 Å². The third-order valence-electron chi connectivity index (χ3n) is 8.11. The Morgan fingerprint density at radius 3 is 2.28 bits per heavy atom. The van der Waals surface area contributed by atoms with Crippen LogP contribution in [0, 0.1) is 30.1 Å². The predicted molar refractivity (Wildman–Crippen MR) is 171 cm³/mol. The van der Waals surface area contributed by atoms with Crippen LogP contribution in [0.15, 0.2) is 30.3 Å². The highest BCUT2D eigenvalue weighted by Gasteiger charge is 2.34. The third-order valence-corrected chi connectivity index (χ3v) is 9.83. The van der Waals surface area contributed by atoms with E-state index in [4.69, 9.17) is 6.42 Å². The molecule has 1 aliphatic carbocycles. The van der Waals surface area contributed by atoms with Gasteiger partial charge in [-0.25, -0.2) is 8.42 Å². The molecular formula is C33H53N3O6S. The highest BCUT2D eigenvalue weighted by Crippen LogP contribution is 2.29. The van der Waals surface area contributed by atoms with E-state index in [1.165, 1.54) is 0 Å². The standard InChI is InChI=1S/C33H53N3O6S/c1-6-13-28(33(40)35-29(22-26-16-11-8-12-17-26)31(38)30(37)20-24(2)3)34-32(39)27(21-25-14-9-7-10-15-25)23-43(41,42)19-18-36(4)5/h1,7,9-10,14-15,24,26-31,37-38H,8,11-13,16-23H2,2-5H3,(H,34,39)(H,35,40)/t27?,28-,29?,30?,31+/m0/s1. The van der Waals surface area contributed by atoms with Gasteiger partial charge in [-0.2, -0.15) is 0 Å². The average molecular weight is 620 g/mol. The molecule has 3 unspecified atom stereocenters. The van der Waals surface area contributed by atoms with E-state index in [2.05, 4.69) is 16.6 Å². The lowest BCUT2D eigenvalue weighted by Crippen LogP contribution is -2.56. The van der Waals surface area contributed by atoms with Crippen LogP contribution in [0.25, 0.3) is 0 Å². The molecule has 10 heteroatoms. The predicted octanol–water partition coefficient (Wildman–Crippen LogP) is 2.55. The fraction of sp³-hybridized carbons (Fsp3) is 0.697. The fourth-order valence-electron chi connectivity index (χ4n) is 5.69. The number of carbonyl (C=O) groups is 2. The summed E-state index contributed by atoms with van der Waals surface area (Å²) in [5.41, 5.74) is 0.804. The minimum Gasteiger partial charge on any atom is -0.390 e. The Morgan fingerprint density at radius 1 is 1.05 bits per heavy atom. The summed E-state index contributed by atoms with van der Waals surface area (Å²) >= 11 is 0. The van der Waals surface area contributed by atoms with Crippen LogP contribution in [0.4, 0.5) is 0 Å². The van der Waals surface area contributed by atoms with Crippen molar-refractivity contribution in [3.05, 3.63) is 35.9 Å². The molecule has 1 aliphatic rings. The summed E-state index contributed by atoms with van der Waals surface area (Å²) in [5, 5.41) is 27.4. The van der Waals surface area contributed by atoms with E-state index >= 15 is 0 Å². The number of carbonyl (C=O) groups excluding carboxylic acids is 2. The van der Waals surface area contributed by atoms with E-state index < -0.39 is 51.9 Å². The average Bonchev–Trinajstić information content (AvgIpc) is 2.95. The van der Waals surface area contributed by atoms with Crippen molar-refractivity contribution in [2.24, 2.45) is 17.8 Å². The van der Waals surface area contributed by atoms with Gasteiger partial charge in [0, 0.05) is 13.0 Å².